The molecule has 144 valence electrons. The molecule has 3 aromatic carbocycles. The molecule has 2 N–H and O–H groups in total. The minimum atomic E-state index is -3.65. The Morgan fingerprint density at radius 2 is 1.43 bits per heavy atom. The summed E-state index contributed by atoms with van der Waals surface area (Å²) in [5.41, 5.74) is 7.52. The second-order valence-electron chi connectivity index (χ2n) is 6.45. The molecule has 0 aliphatic rings. The van der Waals surface area contributed by atoms with E-state index >= 15 is 0 Å². The highest BCUT2D eigenvalue weighted by Gasteiger charge is 2.24. The van der Waals surface area contributed by atoms with Gasteiger partial charge in [0.15, 0.2) is 0 Å². The quantitative estimate of drug-likeness (QED) is 0.637. The van der Waals surface area contributed by atoms with E-state index in [2.05, 4.69) is 0 Å². The molecule has 0 saturated heterocycles. The predicted molar refractivity (Wildman–Crippen MR) is 109 cm³/mol. The van der Waals surface area contributed by atoms with Gasteiger partial charge in [-0.25, -0.2) is 8.42 Å². The van der Waals surface area contributed by atoms with Crippen molar-refractivity contribution in [3.63, 3.8) is 0 Å². The lowest BCUT2D eigenvalue weighted by Gasteiger charge is -2.22. The Morgan fingerprint density at radius 1 is 0.821 bits per heavy atom. The second-order valence-corrected chi connectivity index (χ2v) is 8.39. The van der Waals surface area contributed by atoms with Crippen LogP contribution in [0, 0.1) is 0 Å². The van der Waals surface area contributed by atoms with Crippen molar-refractivity contribution in [2.75, 3.05) is 6.54 Å². The lowest BCUT2D eigenvalue weighted by atomic mass is 10.1. The Bertz CT molecular complexity index is 1040. The Balaban J connectivity index is 1.86. The van der Waals surface area contributed by atoms with Crippen LogP contribution in [0.5, 0.6) is 0 Å². The number of carbonyl (C=O) groups excluding carboxylic acids is 1. The molecule has 0 bridgehead atoms. The van der Waals surface area contributed by atoms with Gasteiger partial charge in [0.1, 0.15) is 0 Å². The van der Waals surface area contributed by atoms with E-state index in [1.807, 2.05) is 36.4 Å². The maximum atomic E-state index is 13.2. The summed E-state index contributed by atoms with van der Waals surface area (Å²) in [6.07, 6.45) is 0.472. The molecule has 0 unspecified atom stereocenters. The van der Waals surface area contributed by atoms with Gasteiger partial charge in [0.25, 0.3) is 0 Å². The van der Waals surface area contributed by atoms with E-state index in [9.17, 15) is 13.2 Å². The van der Waals surface area contributed by atoms with Crippen molar-refractivity contribution < 1.29 is 13.2 Å². The predicted octanol–water partition coefficient (Wildman–Crippen LogP) is 3.22. The molecule has 3 aromatic rings. The standard InChI is InChI=1S/C22H22N2O3S/c23-22(25)20-11-7-10-18(16-20)14-15-24(17-19-8-3-1-4-9-19)28(26,27)21-12-5-2-6-13-21/h1-13,16H,14-15,17H2,(H2,23,25). The molecule has 0 saturated carbocycles. The highest BCUT2D eigenvalue weighted by molar-refractivity contribution is 7.89. The molecule has 1 amide bonds. The normalized spacial score (nSPS) is 11.5. The Kier molecular flexibility index (Phi) is 6.23. The van der Waals surface area contributed by atoms with Gasteiger partial charge in [0.05, 0.1) is 4.90 Å². The number of primary amides is 1. The van der Waals surface area contributed by atoms with E-state index in [0.29, 0.717) is 12.0 Å². The third-order valence-corrected chi connectivity index (χ3v) is 6.30. The number of nitrogens with zero attached hydrogens (tertiary/aromatic N) is 1. The molecule has 0 heterocycles. The topological polar surface area (TPSA) is 80.5 Å². The maximum Gasteiger partial charge on any atom is 0.248 e. The summed E-state index contributed by atoms with van der Waals surface area (Å²) in [7, 11) is -3.65. The molecule has 5 nitrogen and oxygen atoms in total. The van der Waals surface area contributed by atoms with Crippen molar-refractivity contribution in [2.24, 2.45) is 5.73 Å². The van der Waals surface area contributed by atoms with Crippen molar-refractivity contribution in [2.45, 2.75) is 17.9 Å². The summed E-state index contributed by atoms with van der Waals surface area (Å²) < 4.78 is 27.8. The molecule has 0 aromatic heterocycles. The monoisotopic (exact) mass is 394 g/mol. The third kappa shape index (κ3) is 4.85. The number of hydrogen-bond acceptors (Lipinski definition) is 3. The van der Waals surface area contributed by atoms with Gasteiger partial charge in [0.2, 0.25) is 15.9 Å². The number of hydrogen-bond donors (Lipinski definition) is 1. The van der Waals surface area contributed by atoms with Crippen LogP contribution in [-0.4, -0.2) is 25.2 Å². The fourth-order valence-corrected chi connectivity index (χ4v) is 4.40. The van der Waals surface area contributed by atoms with Crippen LogP contribution in [-0.2, 0) is 23.0 Å². The molecule has 0 aliphatic heterocycles. The summed E-state index contributed by atoms with van der Waals surface area (Å²) in [5.74, 6) is -0.500. The van der Waals surface area contributed by atoms with Gasteiger partial charge < -0.3 is 5.73 Å². The molecule has 28 heavy (non-hydrogen) atoms. The summed E-state index contributed by atoms with van der Waals surface area (Å²) in [4.78, 5) is 11.7. The van der Waals surface area contributed by atoms with Crippen LogP contribution >= 0.6 is 0 Å². The van der Waals surface area contributed by atoms with Crippen molar-refractivity contribution in [1.29, 1.82) is 0 Å². The first kappa shape index (κ1) is 19.8. The summed E-state index contributed by atoms with van der Waals surface area (Å²) in [6.45, 7) is 0.557. The van der Waals surface area contributed by atoms with Crippen molar-refractivity contribution in [3.05, 3.63) is 102 Å². The van der Waals surface area contributed by atoms with E-state index < -0.39 is 15.9 Å². The minimum Gasteiger partial charge on any atom is -0.366 e. The van der Waals surface area contributed by atoms with Crippen LogP contribution in [0.25, 0.3) is 0 Å². The van der Waals surface area contributed by atoms with Crippen LogP contribution in [0.15, 0.2) is 89.8 Å². The average Bonchev–Trinajstić information content (AvgIpc) is 2.72. The molecule has 3 rings (SSSR count). The molecule has 0 atom stereocenters. The van der Waals surface area contributed by atoms with Gasteiger partial charge in [-0.2, -0.15) is 4.31 Å². The first-order valence-corrected chi connectivity index (χ1v) is 10.4. The van der Waals surface area contributed by atoms with Gasteiger partial charge in [0, 0.05) is 18.7 Å². The van der Waals surface area contributed by atoms with Gasteiger partial charge in [-0.15, -0.1) is 0 Å². The average molecular weight is 394 g/mol. The van der Waals surface area contributed by atoms with E-state index in [0.717, 1.165) is 11.1 Å². The van der Waals surface area contributed by atoms with E-state index in [4.69, 9.17) is 5.73 Å². The van der Waals surface area contributed by atoms with Crippen molar-refractivity contribution in [1.82, 2.24) is 4.31 Å². The van der Waals surface area contributed by atoms with Crippen LogP contribution in [0.2, 0.25) is 0 Å². The molecule has 0 spiro atoms. The number of nitrogens with two attached hydrogens (primary N) is 1. The highest BCUT2D eigenvalue weighted by Crippen LogP contribution is 2.19. The zero-order valence-electron chi connectivity index (χ0n) is 15.4. The zero-order valence-corrected chi connectivity index (χ0v) is 16.2. The summed E-state index contributed by atoms with van der Waals surface area (Å²) >= 11 is 0. The minimum absolute atomic E-state index is 0.261. The van der Waals surface area contributed by atoms with Crippen LogP contribution in [0.3, 0.4) is 0 Å². The number of sulfonamides is 1. The molecule has 0 aliphatic carbocycles. The van der Waals surface area contributed by atoms with Crippen molar-refractivity contribution >= 4 is 15.9 Å². The maximum absolute atomic E-state index is 13.2. The summed E-state index contributed by atoms with van der Waals surface area (Å²) in [6, 6.07) is 24.9. The van der Waals surface area contributed by atoms with Crippen LogP contribution < -0.4 is 5.73 Å². The number of amides is 1. The fourth-order valence-electron chi connectivity index (χ4n) is 2.95. The van der Waals surface area contributed by atoms with Gasteiger partial charge >= 0.3 is 0 Å². The molecular formula is C22H22N2O3S. The largest absolute Gasteiger partial charge is 0.366 e. The molecular weight excluding hydrogens is 372 g/mol. The summed E-state index contributed by atoms with van der Waals surface area (Å²) in [5, 5.41) is 0. The van der Waals surface area contributed by atoms with Crippen LogP contribution in [0.4, 0.5) is 0 Å². The fraction of sp³-hybridized carbons (Fsp3) is 0.136. The lowest BCUT2D eigenvalue weighted by molar-refractivity contribution is 0.1000. The lowest BCUT2D eigenvalue weighted by Crippen LogP contribution is -2.32. The van der Waals surface area contributed by atoms with Gasteiger partial charge in [-0.05, 0) is 41.8 Å². The Labute approximate surface area is 165 Å². The van der Waals surface area contributed by atoms with E-state index in [1.165, 1.54) is 4.31 Å². The smallest absolute Gasteiger partial charge is 0.248 e. The number of rotatable bonds is 8. The first-order valence-electron chi connectivity index (χ1n) is 8.95. The Morgan fingerprint density at radius 3 is 2.07 bits per heavy atom. The highest BCUT2D eigenvalue weighted by atomic mass is 32.2. The van der Waals surface area contributed by atoms with Crippen LogP contribution in [0.1, 0.15) is 21.5 Å². The molecule has 0 fully saturated rings. The van der Waals surface area contributed by atoms with E-state index in [-0.39, 0.29) is 18.0 Å². The Hall–Kier alpha value is -2.96. The zero-order chi connectivity index (χ0) is 20.0. The third-order valence-electron chi connectivity index (χ3n) is 4.44. The molecule has 6 heteroatoms. The van der Waals surface area contributed by atoms with Gasteiger partial charge in [-0.3, -0.25) is 4.79 Å². The second kappa shape index (κ2) is 8.82. The SMILES string of the molecule is NC(=O)c1cccc(CCN(Cc2ccccc2)S(=O)(=O)c2ccccc2)c1. The van der Waals surface area contributed by atoms with Gasteiger partial charge in [-0.1, -0.05) is 60.7 Å². The number of carbonyl (C=O) groups is 1. The number of benzene rings is 3. The molecule has 0 radical (unpaired) electrons. The first-order chi connectivity index (χ1) is 13.5. The van der Waals surface area contributed by atoms with E-state index in [1.54, 1.807) is 48.5 Å². The van der Waals surface area contributed by atoms with Crippen molar-refractivity contribution in [3.8, 4) is 0 Å².